The fourth-order valence-corrected chi connectivity index (χ4v) is 2.34. The first-order valence-electron chi connectivity index (χ1n) is 5.02. The zero-order valence-electron chi connectivity index (χ0n) is 8.06. The highest BCUT2D eigenvalue weighted by Gasteiger charge is 2.23. The van der Waals surface area contributed by atoms with Crippen LogP contribution in [0.25, 0.3) is 0 Å². The molecule has 2 rings (SSSR count). The Labute approximate surface area is 92.0 Å². The van der Waals surface area contributed by atoms with Gasteiger partial charge in [-0.3, -0.25) is 0 Å². The van der Waals surface area contributed by atoms with Crippen LogP contribution in [0.5, 0.6) is 0 Å². The Morgan fingerprint density at radius 2 is 2.43 bits per heavy atom. The number of nitrogens with two attached hydrogens (primary N) is 1. The van der Waals surface area contributed by atoms with Gasteiger partial charge in [0.25, 0.3) is 0 Å². The van der Waals surface area contributed by atoms with Gasteiger partial charge in [-0.05, 0) is 19.3 Å². The second-order valence-electron chi connectivity index (χ2n) is 3.86. The molecular formula is C9H15BrN4. The lowest BCUT2D eigenvalue weighted by Crippen LogP contribution is -2.16. The van der Waals surface area contributed by atoms with Crippen molar-refractivity contribution in [3.8, 4) is 0 Å². The zero-order chi connectivity index (χ0) is 9.97. The highest BCUT2D eigenvalue weighted by Crippen LogP contribution is 2.27. The number of rotatable bonds is 3. The maximum absolute atomic E-state index is 5.86. The second-order valence-corrected chi connectivity index (χ2v) is 4.65. The summed E-state index contributed by atoms with van der Waals surface area (Å²) in [5.41, 5.74) is 6.92. The highest BCUT2D eigenvalue weighted by molar-refractivity contribution is 9.09. The van der Waals surface area contributed by atoms with E-state index in [9.17, 15) is 0 Å². The Balaban J connectivity index is 2.02. The van der Waals surface area contributed by atoms with Crippen LogP contribution in [0.1, 0.15) is 31.0 Å². The van der Waals surface area contributed by atoms with E-state index in [1.807, 2.05) is 10.9 Å². The lowest BCUT2D eigenvalue weighted by Gasteiger charge is -2.07. The van der Waals surface area contributed by atoms with Crippen LogP contribution >= 0.6 is 15.9 Å². The minimum atomic E-state index is 0.351. The van der Waals surface area contributed by atoms with Crippen LogP contribution in [-0.4, -0.2) is 26.4 Å². The van der Waals surface area contributed by atoms with E-state index >= 15 is 0 Å². The van der Waals surface area contributed by atoms with Gasteiger partial charge in [-0.1, -0.05) is 21.1 Å². The molecule has 0 amide bonds. The van der Waals surface area contributed by atoms with E-state index in [2.05, 4.69) is 26.2 Å². The van der Waals surface area contributed by atoms with Gasteiger partial charge >= 0.3 is 0 Å². The smallest absolute Gasteiger partial charge is 0.0835 e. The second kappa shape index (κ2) is 4.40. The largest absolute Gasteiger partial charge is 0.328 e. The van der Waals surface area contributed by atoms with E-state index < -0.39 is 0 Å². The summed E-state index contributed by atoms with van der Waals surface area (Å²) in [5, 5.41) is 9.20. The van der Waals surface area contributed by atoms with Gasteiger partial charge in [0.15, 0.2) is 0 Å². The number of halogens is 1. The molecule has 5 heteroatoms. The van der Waals surface area contributed by atoms with E-state index in [0.717, 1.165) is 36.7 Å². The van der Waals surface area contributed by atoms with Gasteiger partial charge in [-0.2, -0.15) is 0 Å². The van der Waals surface area contributed by atoms with Crippen molar-refractivity contribution in [2.75, 3.05) is 5.33 Å². The summed E-state index contributed by atoms with van der Waals surface area (Å²) in [7, 11) is 0. The SMILES string of the molecule is N[C@H]1CC[C@@H](n2cc(CCBr)nn2)C1. The lowest BCUT2D eigenvalue weighted by molar-refractivity contribution is 0.448. The molecular weight excluding hydrogens is 244 g/mol. The summed E-state index contributed by atoms with van der Waals surface area (Å²) in [6.07, 6.45) is 6.27. The van der Waals surface area contributed by atoms with E-state index in [-0.39, 0.29) is 0 Å². The summed E-state index contributed by atoms with van der Waals surface area (Å²) in [6, 6.07) is 0.824. The molecule has 0 spiro atoms. The van der Waals surface area contributed by atoms with Crippen molar-refractivity contribution in [1.29, 1.82) is 0 Å². The normalized spacial score (nSPS) is 27.0. The summed E-state index contributed by atoms with van der Waals surface area (Å²) in [4.78, 5) is 0. The first kappa shape index (κ1) is 10.1. The number of aromatic nitrogens is 3. The maximum Gasteiger partial charge on any atom is 0.0835 e. The van der Waals surface area contributed by atoms with E-state index in [0.29, 0.717) is 12.1 Å². The number of alkyl halides is 1. The van der Waals surface area contributed by atoms with Gasteiger partial charge in [0, 0.05) is 24.0 Å². The molecule has 0 unspecified atom stereocenters. The van der Waals surface area contributed by atoms with Crippen molar-refractivity contribution in [3.05, 3.63) is 11.9 Å². The number of hydrogen-bond donors (Lipinski definition) is 1. The molecule has 1 aromatic heterocycles. The maximum atomic E-state index is 5.86. The minimum absolute atomic E-state index is 0.351. The Morgan fingerprint density at radius 1 is 1.57 bits per heavy atom. The molecule has 2 atom stereocenters. The summed E-state index contributed by atoms with van der Waals surface area (Å²) in [6.45, 7) is 0. The summed E-state index contributed by atoms with van der Waals surface area (Å²) in [5.74, 6) is 0. The van der Waals surface area contributed by atoms with E-state index in [1.54, 1.807) is 0 Å². The van der Waals surface area contributed by atoms with Crippen molar-refractivity contribution < 1.29 is 0 Å². The quantitative estimate of drug-likeness (QED) is 0.831. The minimum Gasteiger partial charge on any atom is -0.328 e. The van der Waals surface area contributed by atoms with Crippen molar-refractivity contribution in [2.45, 2.75) is 37.8 Å². The Hall–Kier alpha value is -0.420. The van der Waals surface area contributed by atoms with Crippen LogP contribution in [0.3, 0.4) is 0 Å². The summed E-state index contributed by atoms with van der Waals surface area (Å²) < 4.78 is 1.98. The van der Waals surface area contributed by atoms with Crippen LogP contribution in [0.15, 0.2) is 6.20 Å². The molecule has 2 N–H and O–H groups in total. The lowest BCUT2D eigenvalue weighted by atomic mass is 10.2. The topological polar surface area (TPSA) is 56.7 Å². The molecule has 0 saturated heterocycles. The molecule has 14 heavy (non-hydrogen) atoms. The molecule has 1 fully saturated rings. The fraction of sp³-hybridized carbons (Fsp3) is 0.778. The number of aryl methyl sites for hydroxylation is 1. The average molecular weight is 259 g/mol. The van der Waals surface area contributed by atoms with Gasteiger partial charge in [-0.15, -0.1) is 5.10 Å². The molecule has 1 aromatic rings. The predicted octanol–water partition coefficient (Wildman–Crippen LogP) is 1.27. The molecule has 0 radical (unpaired) electrons. The third-order valence-electron chi connectivity index (χ3n) is 2.73. The Bertz CT molecular complexity index is 299. The molecule has 1 heterocycles. The van der Waals surface area contributed by atoms with Gasteiger partial charge in [0.2, 0.25) is 0 Å². The predicted molar refractivity (Wildman–Crippen MR) is 58.4 cm³/mol. The molecule has 78 valence electrons. The molecule has 1 aliphatic rings. The molecule has 1 saturated carbocycles. The molecule has 1 aliphatic carbocycles. The standard InChI is InChI=1S/C9H15BrN4/c10-4-3-8-6-14(13-12-8)9-2-1-7(11)5-9/h6-7,9H,1-5,11H2/t7-,9+/m0/s1. The Morgan fingerprint density at radius 3 is 3.07 bits per heavy atom. The number of nitrogens with zero attached hydrogens (tertiary/aromatic N) is 3. The fourth-order valence-electron chi connectivity index (χ4n) is 1.94. The van der Waals surface area contributed by atoms with E-state index in [1.165, 1.54) is 0 Å². The average Bonchev–Trinajstić information content (AvgIpc) is 2.74. The van der Waals surface area contributed by atoms with Crippen molar-refractivity contribution in [1.82, 2.24) is 15.0 Å². The van der Waals surface area contributed by atoms with Crippen molar-refractivity contribution in [2.24, 2.45) is 5.73 Å². The van der Waals surface area contributed by atoms with Crippen molar-refractivity contribution >= 4 is 15.9 Å². The van der Waals surface area contributed by atoms with Crippen LogP contribution in [0.4, 0.5) is 0 Å². The molecule has 0 bridgehead atoms. The third kappa shape index (κ3) is 2.15. The highest BCUT2D eigenvalue weighted by atomic mass is 79.9. The zero-order valence-corrected chi connectivity index (χ0v) is 9.65. The third-order valence-corrected chi connectivity index (χ3v) is 3.12. The van der Waals surface area contributed by atoms with Gasteiger partial charge in [-0.25, -0.2) is 4.68 Å². The molecule has 0 aromatic carbocycles. The summed E-state index contributed by atoms with van der Waals surface area (Å²) >= 11 is 3.39. The van der Waals surface area contributed by atoms with Crippen LogP contribution in [-0.2, 0) is 6.42 Å². The van der Waals surface area contributed by atoms with E-state index in [4.69, 9.17) is 5.73 Å². The van der Waals surface area contributed by atoms with Gasteiger partial charge in [0.1, 0.15) is 0 Å². The van der Waals surface area contributed by atoms with Crippen LogP contribution in [0.2, 0.25) is 0 Å². The first-order valence-corrected chi connectivity index (χ1v) is 6.14. The van der Waals surface area contributed by atoms with Crippen LogP contribution in [0, 0.1) is 0 Å². The first-order chi connectivity index (χ1) is 6.79. The molecule has 0 aliphatic heterocycles. The monoisotopic (exact) mass is 258 g/mol. The van der Waals surface area contributed by atoms with Crippen molar-refractivity contribution in [3.63, 3.8) is 0 Å². The molecule has 4 nitrogen and oxygen atoms in total. The van der Waals surface area contributed by atoms with Gasteiger partial charge < -0.3 is 5.73 Å². The number of hydrogen-bond acceptors (Lipinski definition) is 3. The van der Waals surface area contributed by atoms with Crippen LogP contribution < -0.4 is 5.73 Å². The Kier molecular flexibility index (Phi) is 3.18. The van der Waals surface area contributed by atoms with Gasteiger partial charge in [0.05, 0.1) is 11.7 Å².